The van der Waals surface area contributed by atoms with Crippen LogP contribution in [0.1, 0.15) is 23.4 Å². The Morgan fingerprint density at radius 2 is 2.03 bits per heavy atom. The number of oxime groups is 1. The minimum Gasteiger partial charge on any atom is -0.468 e. The lowest BCUT2D eigenvalue weighted by molar-refractivity contribution is -0.125. The van der Waals surface area contributed by atoms with Crippen LogP contribution in [0, 0.1) is 31.3 Å². The van der Waals surface area contributed by atoms with Crippen molar-refractivity contribution in [3.8, 4) is 5.75 Å². The van der Waals surface area contributed by atoms with Crippen molar-refractivity contribution >= 4 is 28.9 Å². The second-order valence-corrected chi connectivity index (χ2v) is 7.72. The van der Waals surface area contributed by atoms with Gasteiger partial charge in [0.05, 0.1) is 33.4 Å². The number of benzene rings is 2. The lowest BCUT2D eigenvalue weighted by Crippen LogP contribution is -2.28. The maximum absolute atomic E-state index is 14.1. The van der Waals surface area contributed by atoms with E-state index < -0.39 is 29.5 Å². The minimum atomic E-state index is -0.984. The normalized spacial score (nSPS) is 15.2. The molecule has 0 saturated carbocycles. The fraction of sp³-hybridized carbons (Fsp3) is 0.227. The van der Waals surface area contributed by atoms with Crippen LogP contribution in [0.3, 0.4) is 0 Å². The molecule has 0 aliphatic carbocycles. The van der Waals surface area contributed by atoms with Gasteiger partial charge in [0.2, 0.25) is 6.10 Å². The number of anilines is 1. The van der Waals surface area contributed by atoms with Gasteiger partial charge in [0.1, 0.15) is 11.6 Å². The predicted molar refractivity (Wildman–Crippen MR) is 115 cm³/mol. The summed E-state index contributed by atoms with van der Waals surface area (Å²) in [4.78, 5) is 17.9. The fourth-order valence-corrected chi connectivity index (χ4v) is 3.64. The number of ether oxygens (including phenoxy) is 1. The molecule has 0 radical (unpaired) electrons. The van der Waals surface area contributed by atoms with Crippen LogP contribution in [0.15, 0.2) is 41.6 Å². The Balaban J connectivity index is 1.42. The summed E-state index contributed by atoms with van der Waals surface area (Å²) >= 11 is 6.06. The molecule has 3 aromatic rings. The number of carbonyl (C=O) groups is 1. The van der Waals surface area contributed by atoms with E-state index in [-0.39, 0.29) is 35.2 Å². The van der Waals surface area contributed by atoms with Crippen LogP contribution >= 0.6 is 11.6 Å². The lowest BCUT2D eigenvalue weighted by Gasteiger charge is -2.11. The van der Waals surface area contributed by atoms with Gasteiger partial charge in [-0.3, -0.25) is 4.79 Å². The molecule has 1 atom stereocenters. The van der Waals surface area contributed by atoms with E-state index in [1.165, 1.54) is 28.9 Å². The van der Waals surface area contributed by atoms with Gasteiger partial charge in [-0.05, 0) is 38.1 Å². The van der Waals surface area contributed by atoms with Gasteiger partial charge < -0.3 is 14.9 Å². The van der Waals surface area contributed by atoms with E-state index in [4.69, 9.17) is 21.2 Å². The summed E-state index contributed by atoms with van der Waals surface area (Å²) < 4.78 is 47.8. The van der Waals surface area contributed by atoms with Gasteiger partial charge in [-0.2, -0.15) is 5.10 Å². The maximum atomic E-state index is 14.1. The number of carbonyl (C=O) groups excluding carboxylic acids is 1. The molecule has 2 aromatic carbocycles. The molecule has 1 aliphatic heterocycles. The quantitative estimate of drug-likeness (QED) is 0.555. The third-order valence-corrected chi connectivity index (χ3v) is 5.39. The smallest absolute Gasteiger partial charge is 0.268 e. The molecule has 2 heterocycles. The fourth-order valence-electron chi connectivity index (χ4n) is 3.37. The molecule has 1 unspecified atom stereocenters. The average Bonchev–Trinajstić information content (AvgIpc) is 3.34. The summed E-state index contributed by atoms with van der Waals surface area (Å²) in [7, 11) is 0. The highest BCUT2D eigenvalue weighted by molar-refractivity contribution is 6.34. The van der Waals surface area contributed by atoms with Crippen molar-refractivity contribution in [2.45, 2.75) is 33.1 Å². The summed E-state index contributed by atoms with van der Waals surface area (Å²) in [6.45, 7) is 3.20. The molecule has 4 rings (SSSR count). The molecule has 1 aromatic heterocycles. The van der Waals surface area contributed by atoms with E-state index >= 15 is 0 Å². The van der Waals surface area contributed by atoms with Crippen molar-refractivity contribution in [2.75, 3.05) is 5.32 Å². The van der Waals surface area contributed by atoms with Gasteiger partial charge in [-0.25, -0.2) is 17.9 Å². The highest BCUT2D eigenvalue weighted by Gasteiger charge is 2.32. The number of hydrogen-bond acceptors (Lipinski definition) is 5. The molecule has 11 heteroatoms. The first-order valence-corrected chi connectivity index (χ1v) is 10.2. The molecule has 33 heavy (non-hydrogen) atoms. The third kappa shape index (κ3) is 4.65. The van der Waals surface area contributed by atoms with Crippen LogP contribution in [0.5, 0.6) is 5.75 Å². The van der Waals surface area contributed by atoms with Crippen LogP contribution in [-0.4, -0.2) is 27.5 Å². The molecule has 0 fully saturated rings. The van der Waals surface area contributed by atoms with Crippen LogP contribution in [0.2, 0.25) is 5.02 Å². The van der Waals surface area contributed by atoms with Crippen molar-refractivity contribution in [3.63, 3.8) is 0 Å². The van der Waals surface area contributed by atoms with Crippen LogP contribution in [0.4, 0.5) is 18.9 Å². The highest BCUT2D eigenvalue weighted by Crippen LogP contribution is 2.27. The van der Waals surface area contributed by atoms with Crippen LogP contribution in [0.25, 0.3) is 0 Å². The predicted octanol–water partition coefficient (Wildman–Crippen LogP) is 4.74. The Bertz CT molecular complexity index is 1240. The SMILES string of the molecule is Cc1nn(COc2ccc(F)cc2F)c(C)c1NC(=O)C1CC(c2c(F)cccc2Cl)=NO1. The zero-order chi connectivity index (χ0) is 23.7. The van der Waals surface area contributed by atoms with Gasteiger partial charge in [0.15, 0.2) is 18.3 Å². The third-order valence-electron chi connectivity index (χ3n) is 5.08. The van der Waals surface area contributed by atoms with Gasteiger partial charge >= 0.3 is 0 Å². The summed E-state index contributed by atoms with van der Waals surface area (Å²) in [5, 5.41) is 11.0. The molecule has 0 saturated heterocycles. The van der Waals surface area contributed by atoms with Crippen LogP contribution < -0.4 is 10.1 Å². The molecule has 0 bridgehead atoms. The van der Waals surface area contributed by atoms with Crippen molar-refractivity contribution in [2.24, 2.45) is 5.16 Å². The van der Waals surface area contributed by atoms with Crippen molar-refractivity contribution in [3.05, 3.63) is 75.8 Å². The average molecular weight is 479 g/mol. The maximum Gasteiger partial charge on any atom is 0.268 e. The number of rotatable bonds is 6. The van der Waals surface area contributed by atoms with Gasteiger partial charge in [0, 0.05) is 12.5 Å². The number of nitrogens with zero attached hydrogens (tertiary/aromatic N) is 3. The molecule has 7 nitrogen and oxygen atoms in total. The van der Waals surface area contributed by atoms with Crippen LogP contribution in [-0.2, 0) is 16.4 Å². The number of aromatic nitrogens is 2. The summed E-state index contributed by atoms with van der Waals surface area (Å²) in [5.74, 6) is -2.75. The second-order valence-electron chi connectivity index (χ2n) is 7.32. The van der Waals surface area contributed by atoms with E-state index in [0.29, 0.717) is 23.1 Å². The molecule has 1 aliphatic rings. The van der Waals surface area contributed by atoms with E-state index in [1.807, 2.05) is 0 Å². The Morgan fingerprint density at radius 1 is 1.24 bits per heavy atom. The van der Waals surface area contributed by atoms with E-state index in [9.17, 15) is 18.0 Å². The number of nitrogens with one attached hydrogen (secondary N) is 1. The van der Waals surface area contributed by atoms with Gasteiger partial charge in [-0.15, -0.1) is 0 Å². The zero-order valence-electron chi connectivity index (χ0n) is 17.5. The topological polar surface area (TPSA) is 77.7 Å². The first-order valence-electron chi connectivity index (χ1n) is 9.84. The van der Waals surface area contributed by atoms with Crippen molar-refractivity contribution in [1.82, 2.24) is 9.78 Å². The minimum absolute atomic E-state index is 0.0334. The Hall–Kier alpha value is -3.53. The summed E-state index contributed by atoms with van der Waals surface area (Å²) in [6.07, 6.45) is -0.950. The number of amides is 1. The van der Waals surface area contributed by atoms with Gasteiger partial charge in [0.25, 0.3) is 5.91 Å². The molecular formula is C22H18ClF3N4O3. The second kappa shape index (κ2) is 9.14. The highest BCUT2D eigenvalue weighted by atomic mass is 35.5. The number of aryl methyl sites for hydroxylation is 1. The summed E-state index contributed by atoms with van der Waals surface area (Å²) in [5.41, 5.74) is 1.78. The van der Waals surface area contributed by atoms with Gasteiger partial charge in [-0.1, -0.05) is 22.8 Å². The van der Waals surface area contributed by atoms with Crippen molar-refractivity contribution in [1.29, 1.82) is 0 Å². The molecule has 1 N–H and O–H groups in total. The number of hydrogen-bond donors (Lipinski definition) is 1. The Kier molecular flexibility index (Phi) is 6.28. The largest absolute Gasteiger partial charge is 0.468 e. The first-order chi connectivity index (χ1) is 15.7. The Labute approximate surface area is 191 Å². The molecule has 0 spiro atoms. The Morgan fingerprint density at radius 3 is 2.76 bits per heavy atom. The standard InChI is InChI=1S/C22H18ClF3N4O3/c1-11-21(12(2)30(28-11)10-32-18-7-6-13(24)8-16(18)26)27-22(31)19-9-17(29-33-19)20-14(23)4-3-5-15(20)25/h3-8,19H,9-10H2,1-2H3,(H,27,31). The van der Waals surface area contributed by atoms with E-state index in [0.717, 1.165) is 6.07 Å². The number of halogens is 4. The molecule has 172 valence electrons. The molecular weight excluding hydrogens is 461 g/mol. The van der Waals surface area contributed by atoms with E-state index in [1.54, 1.807) is 13.8 Å². The summed E-state index contributed by atoms with van der Waals surface area (Å²) in [6, 6.07) is 7.22. The lowest BCUT2D eigenvalue weighted by atomic mass is 10.0. The molecule has 1 amide bonds. The first kappa shape index (κ1) is 22.7. The monoisotopic (exact) mass is 478 g/mol. The van der Waals surface area contributed by atoms with E-state index in [2.05, 4.69) is 15.6 Å². The zero-order valence-corrected chi connectivity index (χ0v) is 18.3. The van der Waals surface area contributed by atoms with Crippen molar-refractivity contribution < 1.29 is 27.5 Å².